The van der Waals surface area contributed by atoms with Crippen molar-refractivity contribution in [1.29, 1.82) is 0 Å². The molecule has 0 saturated carbocycles. The molecular weight excluding hydrogens is 478 g/mol. The van der Waals surface area contributed by atoms with Crippen molar-refractivity contribution >= 4 is 27.5 Å². The maximum atomic E-state index is 13.7. The van der Waals surface area contributed by atoms with E-state index in [9.17, 15) is 18.0 Å². The molecule has 1 N–H and O–H groups in total. The van der Waals surface area contributed by atoms with E-state index in [1.807, 2.05) is 31.2 Å². The van der Waals surface area contributed by atoms with Crippen molar-refractivity contribution in [3.63, 3.8) is 0 Å². The topological polar surface area (TPSA) is 96.0 Å². The van der Waals surface area contributed by atoms with Crippen molar-refractivity contribution in [3.05, 3.63) is 90.0 Å². The monoisotopic (exact) mass is 509 g/mol. The summed E-state index contributed by atoms with van der Waals surface area (Å²) in [6.07, 6.45) is 0. The highest BCUT2D eigenvalue weighted by molar-refractivity contribution is 7.92. The number of sulfonamides is 1. The van der Waals surface area contributed by atoms with Crippen molar-refractivity contribution in [1.82, 2.24) is 10.2 Å². The zero-order chi connectivity index (χ0) is 26.3. The molecular formula is C27H31N3O5S. The summed E-state index contributed by atoms with van der Waals surface area (Å²) >= 11 is 0. The van der Waals surface area contributed by atoms with Crippen molar-refractivity contribution < 1.29 is 22.7 Å². The standard InChI is InChI=1S/C27H31N3O5S/c1-20-13-15-22(16-14-20)18-29(21(2)27(32)28-3)26(31)19-30(23-9-8-10-24(17-23)35-4)36(33,34)25-11-6-5-7-12-25/h5-17,21H,18-19H2,1-4H3,(H,28,32)/t21-/m1/s1. The van der Waals surface area contributed by atoms with Crippen LogP contribution in [0.5, 0.6) is 5.75 Å². The van der Waals surface area contributed by atoms with Crippen LogP contribution in [0.25, 0.3) is 0 Å². The summed E-state index contributed by atoms with van der Waals surface area (Å²) in [5.41, 5.74) is 2.16. The fourth-order valence-electron chi connectivity index (χ4n) is 3.70. The summed E-state index contributed by atoms with van der Waals surface area (Å²) in [5.74, 6) is -0.424. The third-order valence-electron chi connectivity index (χ3n) is 5.84. The molecule has 36 heavy (non-hydrogen) atoms. The van der Waals surface area contributed by atoms with Crippen LogP contribution in [0.15, 0.2) is 83.8 Å². The molecule has 0 unspecified atom stereocenters. The van der Waals surface area contributed by atoms with Crippen LogP contribution in [-0.4, -0.2) is 51.9 Å². The summed E-state index contributed by atoms with van der Waals surface area (Å²) in [5, 5.41) is 2.57. The van der Waals surface area contributed by atoms with Gasteiger partial charge in [-0.25, -0.2) is 8.42 Å². The lowest BCUT2D eigenvalue weighted by Gasteiger charge is -2.31. The van der Waals surface area contributed by atoms with E-state index in [4.69, 9.17) is 4.74 Å². The zero-order valence-electron chi connectivity index (χ0n) is 20.8. The van der Waals surface area contributed by atoms with Gasteiger partial charge < -0.3 is 15.0 Å². The van der Waals surface area contributed by atoms with E-state index >= 15 is 0 Å². The summed E-state index contributed by atoms with van der Waals surface area (Å²) in [6.45, 7) is 3.22. The van der Waals surface area contributed by atoms with Gasteiger partial charge in [0.2, 0.25) is 11.8 Å². The van der Waals surface area contributed by atoms with E-state index in [-0.39, 0.29) is 23.0 Å². The molecule has 190 valence electrons. The number of aryl methyl sites for hydroxylation is 1. The summed E-state index contributed by atoms with van der Waals surface area (Å²) in [6, 6.07) is 21.2. The zero-order valence-corrected chi connectivity index (χ0v) is 21.7. The Balaban J connectivity index is 2.03. The van der Waals surface area contributed by atoms with E-state index in [0.717, 1.165) is 15.4 Å². The fourth-order valence-corrected chi connectivity index (χ4v) is 5.12. The molecule has 0 fully saturated rings. The Morgan fingerprint density at radius 1 is 0.972 bits per heavy atom. The van der Waals surface area contributed by atoms with Crippen LogP contribution < -0.4 is 14.4 Å². The van der Waals surface area contributed by atoms with Crippen LogP contribution in [0, 0.1) is 6.92 Å². The highest BCUT2D eigenvalue weighted by Gasteiger charge is 2.32. The summed E-state index contributed by atoms with van der Waals surface area (Å²) < 4.78 is 33.7. The first-order chi connectivity index (χ1) is 17.2. The second kappa shape index (κ2) is 11.7. The normalized spacial score (nSPS) is 11.9. The Bertz CT molecular complexity index is 1290. The second-order valence-electron chi connectivity index (χ2n) is 8.32. The van der Waals surface area contributed by atoms with Gasteiger partial charge in [0.25, 0.3) is 10.0 Å². The van der Waals surface area contributed by atoms with Gasteiger partial charge in [-0.15, -0.1) is 0 Å². The molecule has 9 heteroatoms. The minimum atomic E-state index is -4.11. The summed E-state index contributed by atoms with van der Waals surface area (Å²) in [4.78, 5) is 27.6. The SMILES string of the molecule is CNC(=O)[C@@H](C)N(Cc1ccc(C)cc1)C(=O)CN(c1cccc(OC)c1)S(=O)(=O)c1ccccc1. The van der Waals surface area contributed by atoms with Gasteiger partial charge >= 0.3 is 0 Å². The van der Waals surface area contributed by atoms with Crippen LogP contribution in [-0.2, 0) is 26.2 Å². The maximum absolute atomic E-state index is 13.7. The number of likely N-dealkylation sites (N-methyl/N-ethyl adjacent to an activating group) is 1. The van der Waals surface area contributed by atoms with Crippen LogP contribution in [0.4, 0.5) is 5.69 Å². The molecule has 3 rings (SSSR count). The number of carbonyl (C=O) groups excluding carboxylic acids is 2. The molecule has 3 aromatic rings. The molecule has 3 aromatic carbocycles. The minimum Gasteiger partial charge on any atom is -0.497 e. The molecule has 0 heterocycles. The molecule has 0 aliphatic carbocycles. The van der Waals surface area contributed by atoms with Crippen LogP contribution in [0.2, 0.25) is 0 Å². The second-order valence-corrected chi connectivity index (χ2v) is 10.2. The lowest BCUT2D eigenvalue weighted by molar-refractivity contribution is -0.139. The maximum Gasteiger partial charge on any atom is 0.264 e. The Labute approximate surface area is 212 Å². The van der Waals surface area contributed by atoms with Crippen molar-refractivity contribution in [2.45, 2.75) is 31.3 Å². The Kier molecular flexibility index (Phi) is 8.71. The molecule has 0 spiro atoms. The van der Waals surface area contributed by atoms with Gasteiger partial charge in [0.1, 0.15) is 18.3 Å². The van der Waals surface area contributed by atoms with E-state index in [1.165, 1.54) is 31.2 Å². The molecule has 0 saturated heterocycles. The number of methoxy groups -OCH3 is 1. The average molecular weight is 510 g/mol. The average Bonchev–Trinajstić information content (AvgIpc) is 2.90. The van der Waals surface area contributed by atoms with Gasteiger partial charge in [0, 0.05) is 19.7 Å². The predicted octanol–water partition coefficient (Wildman–Crippen LogP) is 3.36. The summed E-state index contributed by atoms with van der Waals surface area (Å²) in [7, 11) is -1.13. The largest absolute Gasteiger partial charge is 0.497 e. The minimum absolute atomic E-state index is 0.0463. The molecule has 0 aliphatic heterocycles. The Hall–Kier alpha value is -3.85. The first kappa shape index (κ1) is 26.7. The quantitative estimate of drug-likeness (QED) is 0.452. The first-order valence-electron chi connectivity index (χ1n) is 11.5. The molecule has 0 radical (unpaired) electrons. The van der Waals surface area contributed by atoms with Crippen LogP contribution in [0.3, 0.4) is 0 Å². The van der Waals surface area contributed by atoms with Gasteiger partial charge in [-0.1, -0.05) is 54.1 Å². The Morgan fingerprint density at radius 2 is 1.64 bits per heavy atom. The number of benzene rings is 3. The van der Waals surface area contributed by atoms with E-state index in [1.54, 1.807) is 49.4 Å². The highest BCUT2D eigenvalue weighted by Crippen LogP contribution is 2.27. The number of hydrogen-bond donors (Lipinski definition) is 1. The highest BCUT2D eigenvalue weighted by atomic mass is 32.2. The number of anilines is 1. The number of rotatable bonds is 10. The van der Waals surface area contributed by atoms with Gasteiger partial charge in [-0.2, -0.15) is 0 Å². The number of amides is 2. The van der Waals surface area contributed by atoms with E-state index in [0.29, 0.717) is 5.75 Å². The third kappa shape index (κ3) is 6.23. The number of hydrogen-bond acceptors (Lipinski definition) is 5. The van der Waals surface area contributed by atoms with Gasteiger partial charge in [-0.3, -0.25) is 13.9 Å². The van der Waals surface area contributed by atoms with Crippen molar-refractivity contribution in [3.8, 4) is 5.75 Å². The lowest BCUT2D eigenvalue weighted by Crippen LogP contribution is -2.50. The lowest BCUT2D eigenvalue weighted by atomic mass is 10.1. The van der Waals surface area contributed by atoms with E-state index in [2.05, 4.69) is 5.32 Å². The van der Waals surface area contributed by atoms with Crippen molar-refractivity contribution in [2.75, 3.05) is 25.0 Å². The molecule has 0 aromatic heterocycles. The first-order valence-corrected chi connectivity index (χ1v) is 12.9. The molecule has 0 aliphatic rings. The molecule has 8 nitrogen and oxygen atoms in total. The number of ether oxygens (including phenoxy) is 1. The number of nitrogens with zero attached hydrogens (tertiary/aromatic N) is 2. The van der Waals surface area contributed by atoms with Gasteiger partial charge in [-0.05, 0) is 43.7 Å². The molecule has 0 bridgehead atoms. The third-order valence-corrected chi connectivity index (χ3v) is 7.63. The van der Waals surface area contributed by atoms with Crippen LogP contribution in [0.1, 0.15) is 18.1 Å². The van der Waals surface area contributed by atoms with Crippen LogP contribution >= 0.6 is 0 Å². The predicted molar refractivity (Wildman–Crippen MR) is 139 cm³/mol. The fraction of sp³-hybridized carbons (Fsp3) is 0.259. The van der Waals surface area contributed by atoms with E-state index < -0.39 is 28.5 Å². The Morgan fingerprint density at radius 3 is 2.25 bits per heavy atom. The molecule has 2 amide bonds. The smallest absolute Gasteiger partial charge is 0.264 e. The number of carbonyl (C=O) groups is 2. The van der Waals surface area contributed by atoms with Crippen molar-refractivity contribution in [2.24, 2.45) is 0 Å². The van der Waals surface area contributed by atoms with Gasteiger partial charge in [0.15, 0.2) is 0 Å². The number of nitrogens with one attached hydrogen (secondary N) is 1. The molecule has 1 atom stereocenters. The van der Waals surface area contributed by atoms with Gasteiger partial charge in [0.05, 0.1) is 17.7 Å².